The maximum absolute atomic E-state index is 12.2. The molecule has 0 aromatic carbocycles. The quantitative estimate of drug-likeness (QED) is 0.0415. The van der Waals surface area contributed by atoms with Crippen molar-refractivity contribution < 1.29 is 23.5 Å². The van der Waals surface area contributed by atoms with Gasteiger partial charge in [-0.3, -0.25) is 9.28 Å². The van der Waals surface area contributed by atoms with Gasteiger partial charge in [0.2, 0.25) is 0 Å². The van der Waals surface area contributed by atoms with E-state index in [-0.39, 0.29) is 25.1 Å². The Morgan fingerprint density at radius 3 is 1.37 bits per heavy atom. The van der Waals surface area contributed by atoms with Crippen LogP contribution >= 0.6 is 0 Å². The highest BCUT2D eigenvalue weighted by Crippen LogP contribution is 2.22. The lowest BCUT2D eigenvalue weighted by atomic mass is 10.0. The molecule has 1 heterocycles. The Morgan fingerprint density at radius 2 is 1.00 bits per heavy atom. The fraction of sp³-hybridized carbons (Fsp3) is 0.860. The van der Waals surface area contributed by atoms with E-state index in [4.69, 9.17) is 9.47 Å². The predicted molar refractivity (Wildman–Crippen MR) is 209 cm³/mol. The van der Waals surface area contributed by atoms with E-state index in [2.05, 4.69) is 37.5 Å². The molecule has 49 heavy (non-hydrogen) atoms. The Labute approximate surface area is 304 Å². The highest BCUT2D eigenvalue weighted by molar-refractivity contribution is 5.71. The van der Waals surface area contributed by atoms with Gasteiger partial charge in [0.15, 0.2) is 0 Å². The lowest BCUT2D eigenvalue weighted by molar-refractivity contribution is -0.875. The first-order chi connectivity index (χ1) is 23.9. The van der Waals surface area contributed by atoms with E-state index in [0.717, 1.165) is 16.6 Å². The number of carbonyl (C=O) groups is 2. The summed E-state index contributed by atoms with van der Waals surface area (Å²) in [6.45, 7) is 12.2. The number of unbranched alkanes of at least 4 members (excludes halogenated alkanes) is 24. The van der Waals surface area contributed by atoms with E-state index in [0.29, 0.717) is 6.54 Å². The number of quaternary nitrogens is 1. The van der Waals surface area contributed by atoms with Crippen LogP contribution in [0.15, 0.2) is 23.9 Å². The fourth-order valence-electron chi connectivity index (χ4n) is 6.81. The molecule has 0 aromatic rings. The van der Waals surface area contributed by atoms with Crippen LogP contribution in [0.2, 0.25) is 0 Å². The number of nitrogens with one attached hydrogen (secondary N) is 1. The molecule has 0 saturated carbocycles. The Hall–Kier alpha value is -1.82. The Bertz CT molecular complexity index is 855. The molecule has 0 fully saturated rings. The normalized spacial score (nSPS) is 15.8. The van der Waals surface area contributed by atoms with Gasteiger partial charge in [-0.25, -0.2) is 4.79 Å². The monoisotopic (exact) mass is 690 g/mol. The van der Waals surface area contributed by atoms with Crippen molar-refractivity contribution >= 4 is 12.1 Å². The third-order valence-corrected chi connectivity index (χ3v) is 10.2. The fourth-order valence-corrected chi connectivity index (χ4v) is 6.81. The topological polar surface area (TPSA) is 64.6 Å². The lowest BCUT2D eigenvalue weighted by Gasteiger charge is -2.36. The summed E-state index contributed by atoms with van der Waals surface area (Å²) in [5.41, 5.74) is 1.13. The van der Waals surface area contributed by atoms with E-state index in [1.807, 2.05) is 0 Å². The molecule has 0 bridgehead atoms. The van der Waals surface area contributed by atoms with Crippen LogP contribution in [-0.4, -0.2) is 55.9 Å². The van der Waals surface area contributed by atoms with Crippen molar-refractivity contribution in [1.29, 1.82) is 0 Å². The molecule has 1 aliphatic rings. The second-order valence-corrected chi connectivity index (χ2v) is 15.2. The maximum atomic E-state index is 12.2. The highest BCUT2D eigenvalue weighted by atomic mass is 16.6. The first kappa shape index (κ1) is 45.2. The summed E-state index contributed by atoms with van der Waals surface area (Å²) in [6, 6.07) is 0. The van der Waals surface area contributed by atoms with Crippen molar-refractivity contribution in [3.8, 4) is 0 Å². The van der Waals surface area contributed by atoms with Gasteiger partial charge in [0.05, 0.1) is 25.2 Å². The molecule has 1 N–H and O–H groups in total. The van der Waals surface area contributed by atoms with Crippen molar-refractivity contribution in [2.24, 2.45) is 5.92 Å². The SMILES string of the molecule is CCCCCCCCCCCCCCCC[N+]1(CCCCCCCCCCCCCC)C=CC(CNC(=O)OCCOC(=O)C(C)C)=CC1. The van der Waals surface area contributed by atoms with Crippen molar-refractivity contribution in [2.75, 3.05) is 39.4 Å². The molecule has 6 heteroatoms. The summed E-state index contributed by atoms with van der Waals surface area (Å²) in [5, 5.41) is 2.85. The third-order valence-electron chi connectivity index (χ3n) is 10.2. The van der Waals surface area contributed by atoms with Gasteiger partial charge in [-0.05, 0) is 43.4 Å². The van der Waals surface area contributed by atoms with E-state index < -0.39 is 6.09 Å². The van der Waals surface area contributed by atoms with E-state index in [1.54, 1.807) is 13.8 Å². The number of carbonyl (C=O) groups excluding carboxylic acids is 2. The molecule has 0 aromatic heterocycles. The molecule has 0 radical (unpaired) electrons. The van der Waals surface area contributed by atoms with Crippen LogP contribution in [0.3, 0.4) is 0 Å². The van der Waals surface area contributed by atoms with E-state index in [9.17, 15) is 9.59 Å². The van der Waals surface area contributed by atoms with E-state index >= 15 is 0 Å². The lowest BCUT2D eigenvalue weighted by Crippen LogP contribution is -2.46. The average molecular weight is 690 g/mol. The van der Waals surface area contributed by atoms with Gasteiger partial charge in [0.25, 0.3) is 0 Å². The minimum atomic E-state index is -0.472. The summed E-state index contributed by atoms with van der Waals surface area (Å²) in [7, 11) is 0. The summed E-state index contributed by atoms with van der Waals surface area (Å²) in [4.78, 5) is 23.7. The number of alkyl carbamates (subject to hydrolysis) is 1. The minimum absolute atomic E-state index is 0.0669. The van der Waals surface area contributed by atoms with Gasteiger partial charge in [0.1, 0.15) is 19.8 Å². The Kier molecular flexibility index (Phi) is 29.6. The summed E-state index contributed by atoms with van der Waals surface area (Å²) in [6.07, 6.45) is 42.6. The minimum Gasteiger partial charge on any atom is -0.462 e. The molecule has 1 atom stereocenters. The standard InChI is InChI=1S/C43H80N2O4/c1-5-7-9-11-13-15-17-19-20-22-24-26-28-30-34-45(33-29-27-25-23-21-18-16-14-12-10-8-6-2)35-31-41(32-36-45)39-44-43(47)49-38-37-48-42(46)40(3)4/h31-32,35,40H,5-30,33-34,36-39H2,1-4H3/p+1. The second-order valence-electron chi connectivity index (χ2n) is 15.2. The van der Waals surface area contributed by atoms with Gasteiger partial charge >= 0.3 is 12.1 Å². The van der Waals surface area contributed by atoms with Crippen LogP contribution in [0.25, 0.3) is 0 Å². The Morgan fingerprint density at radius 1 is 0.612 bits per heavy atom. The third kappa shape index (κ3) is 26.6. The number of esters is 1. The number of rotatable bonds is 34. The molecule has 0 spiro atoms. The molecular weight excluding hydrogens is 608 g/mol. The molecule has 1 amide bonds. The van der Waals surface area contributed by atoms with Crippen LogP contribution in [0.5, 0.6) is 0 Å². The van der Waals surface area contributed by atoms with Gasteiger partial charge in [-0.2, -0.15) is 0 Å². The first-order valence-electron chi connectivity index (χ1n) is 21.2. The number of ether oxygens (including phenoxy) is 2. The van der Waals surface area contributed by atoms with Gasteiger partial charge in [-0.15, -0.1) is 0 Å². The molecule has 0 aliphatic carbocycles. The molecular formula is C43H81N2O4+. The largest absolute Gasteiger partial charge is 0.462 e. The second kappa shape index (κ2) is 32.1. The average Bonchev–Trinajstić information content (AvgIpc) is 3.10. The summed E-state index contributed by atoms with van der Waals surface area (Å²) < 4.78 is 11.3. The van der Waals surface area contributed by atoms with Crippen molar-refractivity contribution in [3.63, 3.8) is 0 Å². The maximum Gasteiger partial charge on any atom is 0.407 e. The van der Waals surface area contributed by atoms with Crippen molar-refractivity contribution in [2.45, 2.75) is 195 Å². The van der Waals surface area contributed by atoms with Gasteiger partial charge in [-0.1, -0.05) is 169 Å². The zero-order chi connectivity index (χ0) is 35.7. The van der Waals surface area contributed by atoms with Crippen molar-refractivity contribution in [1.82, 2.24) is 5.32 Å². The predicted octanol–water partition coefficient (Wildman–Crippen LogP) is 12.4. The molecule has 286 valence electrons. The van der Waals surface area contributed by atoms with Crippen LogP contribution in [0.4, 0.5) is 4.79 Å². The number of hydrogen-bond acceptors (Lipinski definition) is 4. The van der Waals surface area contributed by atoms with Gasteiger partial charge in [0, 0.05) is 6.54 Å². The molecule has 0 saturated heterocycles. The molecule has 1 aliphatic heterocycles. The van der Waals surface area contributed by atoms with Crippen LogP contribution in [0, 0.1) is 5.92 Å². The molecule has 1 rings (SSSR count). The van der Waals surface area contributed by atoms with Crippen LogP contribution in [0.1, 0.15) is 195 Å². The Balaban J connectivity index is 2.35. The van der Waals surface area contributed by atoms with Crippen molar-refractivity contribution in [3.05, 3.63) is 23.9 Å². The summed E-state index contributed by atoms with van der Waals surface area (Å²) in [5.74, 6) is -0.459. The number of hydrogen-bond donors (Lipinski definition) is 1. The van der Waals surface area contributed by atoms with Gasteiger partial charge < -0.3 is 14.8 Å². The zero-order valence-corrected chi connectivity index (χ0v) is 33.0. The molecule has 1 unspecified atom stereocenters. The highest BCUT2D eigenvalue weighted by Gasteiger charge is 2.25. The summed E-state index contributed by atoms with van der Waals surface area (Å²) >= 11 is 0. The van der Waals surface area contributed by atoms with Crippen LogP contribution < -0.4 is 5.32 Å². The molecule has 6 nitrogen and oxygen atoms in total. The number of amides is 1. The first-order valence-corrected chi connectivity index (χ1v) is 21.2. The van der Waals surface area contributed by atoms with Crippen LogP contribution in [-0.2, 0) is 14.3 Å². The van der Waals surface area contributed by atoms with E-state index in [1.165, 1.54) is 180 Å². The zero-order valence-electron chi connectivity index (χ0n) is 33.0. The number of nitrogens with zero attached hydrogens (tertiary/aromatic N) is 1. The smallest absolute Gasteiger partial charge is 0.407 e.